The third-order valence-electron chi connectivity index (χ3n) is 1.95. The molecule has 0 bridgehead atoms. The third-order valence-corrected chi connectivity index (χ3v) is 4.58. The molecule has 0 saturated carbocycles. The SMILES string of the molecule is C[Si](Cl)(Cl)C1=CC(F)(F)C(F)(F)C1(F)F. The number of halogens is 8. The Balaban J connectivity index is 3.35. The van der Waals surface area contributed by atoms with Gasteiger partial charge in [0, 0.05) is 5.20 Å². The minimum Gasteiger partial charge on any atom is -0.195 e. The number of alkyl halides is 6. The van der Waals surface area contributed by atoms with Crippen molar-refractivity contribution in [2.24, 2.45) is 0 Å². The van der Waals surface area contributed by atoms with Gasteiger partial charge in [0.05, 0.1) is 0 Å². The molecule has 1 aliphatic carbocycles. The molecule has 0 saturated heterocycles. The van der Waals surface area contributed by atoms with Gasteiger partial charge in [-0.3, -0.25) is 0 Å². The highest BCUT2D eigenvalue weighted by Crippen LogP contribution is 2.58. The van der Waals surface area contributed by atoms with E-state index in [0.717, 1.165) is 6.55 Å². The Bertz CT molecular complexity index is 318. The number of rotatable bonds is 1. The summed E-state index contributed by atoms with van der Waals surface area (Å²) in [5.41, 5.74) is 0. The van der Waals surface area contributed by atoms with E-state index in [1.165, 1.54) is 0 Å². The summed E-state index contributed by atoms with van der Waals surface area (Å²) < 4.78 is 76.4. The summed E-state index contributed by atoms with van der Waals surface area (Å²) in [7, 11) is 0. The van der Waals surface area contributed by atoms with Crippen molar-refractivity contribution in [2.45, 2.75) is 24.3 Å². The molecule has 9 heteroatoms. The maximum atomic E-state index is 12.9. The second kappa shape index (κ2) is 3.07. The zero-order valence-electron chi connectivity index (χ0n) is 7.10. The Hall–Kier alpha value is 0.117. The smallest absolute Gasteiger partial charge is 0.195 e. The van der Waals surface area contributed by atoms with Crippen LogP contribution in [0.3, 0.4) is 0 Å². The van der Waals surface area contributed by atoms with E-state index in [-0.39, 0.29) is 0 Å². The Morgan fingerprint density at radius 3 is 1.60 bits per heavy atom. The van der Waals surface area contributed by atoms with Gasteiger partial charge < -0.3 is 0 Å². The summed E-state index contributed by atoms with van der Waals surface area (Å²) in [6, 6.07) is 0. The van der Waals surface area contributed by atoms with Gasteiger partial charge in [0.25, 0.3) is 6.69 Å². The van der Waals surface area contributed by atoms with Gasteiger partial charge in [-0.1, -0.05) is 0 Å². The molecule has 0 unspecified atom stereocenters. The topological polar surface area (TPSA) is 0 Å². The Labute approximate surface area is 91.3 Å². The van der Waals surface area contributed by atoms with E-state index >= 15 is 0 Å². The van der Waals surface area contributed by atoms with E-state index in [4.69, 9.17) is 22.2 Å². The standard InChI is InChI=1S/C6H4Cl2F6Si/c1-15(7,8)3-2-4(9,10)6(13,14)5(3,11)12/h2H,1H3. The molecule has 0 nitrogen and oxygen atoms in total. The van der Waals surface area contributed by atoms with Crippen LogP contribution < -0.4 is 0 Å². The maximum Gasteiger partial charge on any atom is 0.379 e. The van der Waals surface area contributed by atoms with Crippen LogP contribution in [0, 0.1) is 0 Å². The van der Waals surface area contributed by atoms with Crippen molar-refractivity contribution in [3.63, 3.8) is 0 Å². The van der Waals surface area contributed by atoms with E-state index in [0.29, 0.717) is 0 Å². The highest BCUT2D eigenvalue weighted by atomic mass is 35.7. The summed E-state index contributed by atoms with van der Waals surface area (Å²) in [5.74, 6) is -15.4. The first-order valence-corrected chi connectivity index (χ1v) is 8.11. The van der Waals surface area contributed by atoms with E-state index in [2.05, 4.69) is 0 Å². The fraction of sp³-hybridized carbons (Fsp3) is 0.667. The Morgan fingerprint density at radius 2 is 1.47 bits per heavy atom. The largest absolute Gasteiger partial charge is 0.379 e. The number of hydrogen-bond donors (Lipinski definition) is 0. The van der Waals surface area contributed by atoms with E-state index in [1.807, 2.05) is 0 Å². The highest BCUT2D eigenvalue weighted by Gasteiger charge is 2.78. The Morgan fingerprint density at radius 1 is 1.07 bits per heavy atom. The van der Waals surface area contributed by atoms with E-state index < -0.39 is 35.7 Å². The van der Waals surface area contributed by atoms with Gasteiger partial charge in [0.1, 0.15) is 0 Å². The molecular formula is C6H4Cl2F6Si. The van der Waals surface area contributed by atoms with Gasteiger partial charge in [0.2, 0.25) is 0 Å². The van der Waals surface area contributed by atoms with Crippen LogP contribution in [-0.2, 0) is 0 Å². The van der Waals surface area contributed by atoms with Crippen molar-refractivity contribution < 1.29 is 26.3 Å². The molecule has 0 aromatic rings. The predicted molar refractivity (Wildman–Crippen MR) is 46.2 cm³/mol. The molecule has 88 valence electrons. The average molecular weight is 289 g/mol. The first kappa shape index (κ1) is 13.2. The molecule has 1 rings (SSSR count). The van der Waals surface area contributed by atoms with Crippen LogP contribution in [0.2, 0.25) is 6.55 Å². The molecule has 0 aromatic heterocycles. The van der Waals surface area contributed by atoms with E-state index in [1.54, 1.807) is 0 Å². The molecule has 0 spiro atoms. The molecule has 0 atom stereocenters. The molecule has 0 heterocycles. The predicted octanol–water partition coefficient (Wildman–Crippen LogP) is 3.92. The summed E-state index contributed by atoms with van der Waals surface area (Å²) >= 11 is 10.5. The fourth-order valence-electron chi connectivity index (χ4n) is 1.14. The molecule has 1 aliphatic rings. The molecule has 0 fully saturated rings. The van der Waals surface area contributed by atoms with Crippen LogP contribution in [0.5, 0.6) is 0 Å². The quantitative estimate of drug-likeness (QED) is 0.390. The number of allylic oxidation sites excluding steroid dienone is 2. The number of hydrogen-bond acceptors (Lipinski definition) is 0. The lowest BCUT2D eigenvalue weighted by Crippen LogP contribution is -2.50. The second-order valence-corrected chi connectivity index (χ2v) is 10.6. The molecule has 0 amide bonds. The Kier molecular flexibility index (Phi) is 2.70. The van der Waals surface area contributed by atoms with Gasteiger partial charge in [-0.15, -0.1) is 22.2 Å². The first-order chi connectivity index (χ1) is 6.34. The zero-order valence-corrected chi connectivity index (χ0v) is 9.61. The minimum atomic E-state index is -5.48. The average Bonchev–Trinajstić information content (AvgIpc) is 2.07. The van der Waals surface area contributed by atoms with Gasteiger partial charge in [-0.2, -0.15) is 26.3 Å². The minimum absolute atomic E-state index is 0.515. The van der Waals surface area contributed by atoms with Crippen molar-refractivity contribution in [2.75, 3.05) is 0 Å². The molecule has 15 heavy (non-hydrogen) atoms. The van der Waals surface area contributed by atoms with Crippen molar-refractivity contribution in [3.8, 4) is 0 Å². The molecule has 0 aliphatic heterocycles. The molecular weight excluding hydrogens is 285 g/mol. The van der Waals surface area contributed by atoms with Crippen LogP contribution in [0.15, 0.2) is 11.3 Å². The van der Waals surface area contributed by atoms with Gasteiger partial charge in [0.15, 0.2) is 0 Å². The molecule has 0 radical (unpaired) electrons. The van der Waals surface area contributed by atoms with Gasteiger partial charge in [-0.25, -0.2) is 0 Å². The van der Waals surface area contributed by atoms with Crippen LogP contribution in [0.4, 0.5) is 26.3 Å². The van der Waals surface area contributed by atoms with Gasteiger partial charge in [-0.05, 0) is 12.6 Å². The van der Waals surface area contributed by atoms with Crippen molar-refractivity contribution in [3.05, 3.63) is 11.3 Å². The molecule has 0 N–H and O–H groups in total. The summed E-state index contributed by atoms with van der Waals surface area (Å²) in [6.45, 7) is -3.09. The highest BCUT2D eigenvalue weighted by molar-refractivity contribution is 7.48. The van der Waals surface area contributed by atoms with Crippen LogP contribution in [0.1, 0.15) is 0 Å². The maximum absolute atomic E-state index is 12.9. The fourth-order valence-corrected chi connectivity index (χ4v) is 3.33. The van der Waals surface area contributed by atoms with Crippen molar-refractivity contribution >= 4 is 28.9 Å². The normalized spacial score (nSPS) is 27.7. The summed E-state index contributed by atoms with van der Waals surface area (Å²) in [5, 5.41) is -1.55. The first-order valence-electron chi connectivity index (χ1n) is 3.59. The van der Waals surface area contributed by atoms with Crippen LogP contribution in [0.25, 0.3) is 0 Å². The van der Waals surface area contributed by atoms with Crippen LogP contribution in [-0.4, -0.2) is 24.5 Å². The van der Waals surface area contributed by atoms with Gasteiger partial charge >= 0.3 is 17.8 Å². The summed E-state index contributed by atoms with van der Waals surface area (Å²) in [6.07, 6.45) is -0.515. The lowest BCUT2D eigenvalue weighted by atomic mass is 10.2. The zero-order chi connectivity index (χ0) is 12.3. The van der Waals surface area contributed by atoms with Crippen LogP contribution >= 0.6 is 22.2 Å². The second-order valence-electron chi connectivity index (χ2n) is 3.22. The molecule has 0 aromatic carbocycles. The van der Waals surface area contributed by atoms with Crippen molar-refractivity contribution in [1.29, 1.82) is 0 Å². The van der Waals surface area contributed by atoms with Crippen molar-refractivity contribution in [1.82, 2.24) is 0 Å². The summed E-state index contributed by atoms with van der Waals surface area (Å²) in [4.78, 5) is 0. The lowest BCUT2D eigenvalue weighted by molar-refractivity contribution is -0.261. The lowest BCUT2D eigenvalue weighted by Gasteiger charge is -2.27. The van der Waals surface area contributed by atoms with E-state index in [9.17, 15) is 26.3 Å². The monoisotopic (exact) mass is 288 g/mol. The third kappa shape index (κ3) is 1.68.